The number of ether oxygens (including phenoxy) is 3. The van der Waals surface area contributed by atoms with Gasteiger partial charge in [-0.25, -0.2) is 13.8 Å². The monoisotopic (exact) mass is 600 g/mol. The van der Waals surface area contributed by atoms with Crippen molar-refractivity contribution in [3.05, 3.63) is 99.6 Å². The first-order valence-electron chi connectivity index (χ1n) is 13.7. The fourth-order valence-corrected chi connectivity index (χ4v) is 5.01. The number of methoxy groups -OCH3 is 2. The number of aryl methyl sites for hydroxylation is 1. The first-order chi connectivity index (χ1) is 21.0. The number of nitrogens with zero attached hydrogens (tertiary/aromatic N) is 3. The van der Waals surface area contributed by atoms with Crippen molar-refractivity contribution in [1.29, 1.82) is 0 Å². The summed E-state index contributed by atoms with van der Waals surface area (Å²) in [6.07, 6.45) is 2.98. The van der Waals surface area contributed by atoms with Crippen LogP contribution >= 0.6 is 0 Å². The summed E-state index contributed by atoms with van der Waals surface area (Å²) >= 11 is 0. The van der Waals surface area contributed by atoms with Crippen LogP contribution in [0.1, 0.15) is 41.5 Å². The fraction of sp³-hybridized carbons (Fsp3) is 0.212. The van der Waals surface area contributed by atoms with E-state index in [4.69, 9.17) is 14.2 Å². The third-order valence-corrected chi connectivity index (χ3v) is 7.18. The molecule has 1 amide bonds. The smallest absolute Gasteiger partial charge is 0.261 e. The van der Waals surface area contributed by atoms with Crippen molar-refractivity contribution < 1.29 is 27.8 Å². The molecule has 226 valence electrons. The summed E-state index contributed by atoms with van der Waals surface area (Å²) in [6.45, 7) is 7.32. The van der Waals surface area contributed by atoms with Crippen molar-refractivity contribution in [2.24, 2.45) is 0 Å². The average Bonchev–Trinajstić information content (AvgIpc) is 2.98. The van der Waals surface area contributed by atoms with Crippen LogP contribution in [0, 0.1) is 25.5 Å². The van der Waals surface area contributed by atoms with Crippen LogP contribution in [-0.4, -0.2) is 34.7 Å². The van der Waals surface area contributed by atoms with Gasteiger partial charge in [-0.2, -0.15) is 0 Å². The van der Waals surface area contributed by atoms with Gasteiger partial charge >= 0.3 is 0 Å². The largest absolute Gasteiger partial charge is 0.491 e. The van der Waals surface area contributed by atoms with Crippen LogP contribution in [0.4, 0.5) is 14.5 Å². The number of aromatic nitrogens is 3. The molecule has 3 aromatic heterocycles. The summed E-state index contributed by atoms with van der Waals surface area (Å²) in [5.74, 6) is -1.22. The minimum atomic E-state index is -0.764. The number of benzene rings is 2. The summed E-state index contributed by atoms with van der Waals surface area (Å²) in [6, 6.07) is 11.1. The molecule has 1 N–H and O–H groups in total. The fourth-order valence-electron chi connectivity index (χ4n) is 5.01. The van der Waals surface area contributed by atoms with E-state index in [0.717, 1.165) is 6.07 Å². The minimum absolute atomic E-state index is 0.0876. The molecule has 0 spiro atoms. The molecule has 0 bridgehead atoms. The van der Waals surface area contributed by atoms with Crippen LogP contribution in [0.15, 0.2) is 65.7 Å². The highest BCUT2D eigenvalue weighted by Gasteiger charge is 2.22. The zero-order valence-electron chi connectivity index (χ0n) is 25.0. The van der Waals surface area contributed by atoms with Crippen LogP contribution in [0.3, 0.4) is 0 Å². The first kappa shape index (κ1) is 30.1. The Hall–Kier alpha value is -5.32. The predicted molar refractivity (Wildman–Crippen MR) is 163 cm³/mol. The highest BCUT2D eigenvalue weighted by molar-refractivity contribution is 6.05. The molecule has 5 rings (SSSR count). The van der Waals surface area contributed by atoms with Gasteiger partial charge in [0.15, 0.2) is 23.1 Å². The van der Waals surface area contributed by atoms with E-state index < -0.39 is 23.0 Å². The number of rotatable bonds is 8. The molecule has 5 aromatic rings. The molecule has 44 heavy (non-hydrogen) atoms. The predicted octanol–water partition coefficient (Wildman–Crippen LogP) is 7.00. The Kier molecular flexibility index (Phi) is 8.30. The van der Waals surface area contributed by atoms with E-state index in [1.165, 1.54) is 63.0 Å². The summed E-state index contributed by atoms with van der Waals surface area (Å²) in [7, 11) is 2.92. The third kappa shape index (κ3) is 5.68. The van der Waals surface area contributed by atoms with Gasteiger partial charge in [0.05, 0.1) is 19.7 Å². The number of carbonyl (C=O) groups is 1. The van der Waals surface area contributed by atoms with Crippen LogP contribution in [0.25, 0.3) is 22.2 Å². The Morgan fingerprint density at radius 3 is 2.39 bits per heavy atom. The van der Waals surface area contributed by atoms with E-state index >= 15 is 4.39 Å². The van der Waals surface area contributed by atoms with Crippen molar-refractivity contribution in [2.45, 2.75) is 33.7 Å². The maximum absolute atomic E-state index is 15.3. The second kappa shape index (κ2) is 12.1. The third-order valence-electron chi connectivity index (χ3n) is 7.18. The zero-order valence-corrected chi connectivity index (χ0v) is 25.0. The van der Waals surface area contributed by atoms with E-state index in [1.807, 2.05) is 18.4 Å². The van der Waals surface area contributed by atoms with Crippen LogP contribution < -0.4 is 25.0 Å². The standard InChI is InChI=1S/C33H30F2N4O5/c1-17(2)39-16-23(31(40)29(19(39)4)22-9-7-20(34)13-18(22)3)32(41)37-21-8-10-26(24(35)14-21)44-27-11-12-36-25-15-28(42-5)33(43-6)38-30(25)27/h7-17H,1-6H3,(H,37,41). The molecule has 3 heterocycles. The van der Waals surface area contributed by atoms with Gasteiger partial charge in [0.25, 0.3) is 11.8 Å². The molecule has 0 saturated heterocycles. The number of pyridine rings is 3. The van der Waals surface area contributed by atoms with E-state index in [9.17, 15) is 14.0 Å². The summed E-state index contributed by atoms with van der Waals surface area (Å²) < 4.78 is 47.3. The number of fused-ring (bicyclic) bond motifs is 1. The number of amides is 1. The van der Waals surface area contributed by atoms with E-state index in [2.05, 4.69) is 15.3 Å². The van der Waals surface area contributed by atoms with Gasteiger partial charge in [-0.1, -0.05) is 6.07 Å². The summed E-state index contributed by atoms with van der Waals surface area (Å²) in [4.78, 5) is 35.7. The molecule has 0 aliphatic rings. The van der Waals surface area contributed by atoms with Crippen molar-refractivity contribution in [1.82, 2.24) is 14.5 Å². The average molecular weight is 601 g/mol. The van der Waals surface area contributed by atoms with Crippen molar-refractivity contribution in [3.63, 3.8) is 0 Å². The number of halogens is 2. The second-order valence-electron chi connectivity index (χ2n) is 10.4. The van der Waals surface area contributed by atoms with E-state index in [0.29, 0.717) is 39.2 Å². The Morgan fingerprint density at radius 2 is 1.73 bits per heavy atom. The molecule has 2 aromatic carbocycles. The lowest BCUT2D eigenvalue weighted by Crippen LogP contribution is -2.27. The molecule has 0 atom stereocenters. The molecule has 11 heteroatoms. The van der Waals surface area contributed by atoms with Gasteiger partial charge in [0.1, 0.15) is 16.9 Å². The van der Waals surface area contributed by atoms with Crippen LogP contribution in [0.2, 0.25) is 0 Å². The number of hydrogen-bond acceptors (Lipinski definition) is 7. The van der Waals surface area contributed by atoms with Gasteiger partial charge in [-0.15, -0.1) is 0 Å². The number of hydrogen-bond donors (Lipinski definition) is 1. The number of carbonyl (C=O) groups excluding carboxylic acids is 1. The molecule has 0 aliphatic carbocycles. The van der Waals surface area contributed by atoms with Crippen LogP contribution in [-0.2, 0) is 0 Å². The maximum atomic E-state index is 15.3. The zero-order chi connectivity index (χ0) is 31.7. The normalized spacial score (nSPS) is 11.1. The minimum Gasteiger partial charge on any atom is -0.491 e. The number of nitrogens with one attached hydrogen (secondary N) is 1. The maximum Gasteiger partial charge on any atom is 0.261 e. The first-order valence-corrected chi connectivity index (χ1v) is 13.7. The van der Waals surface area contributed by atoms with E-state index in [1.54, 1.807) is 19.9 Å². The van der Waals surface area contributed by atoms with Gasteiger partial charge < -0.3 is 24.1 Å². The summed E-state index contributed by atoms with van der Waals surface area (Å²) in [5, 5.41) is 2.62. The Bertz CT molecular complexity index is 1970. The van der Waals surface area contributed by atoms with Crippen LogP contribution in [0.5, 0.6) is 23.1 Å². The molecular formula is C33H30F2N4O5. The highest BCUT2D eigenvalue weighted by atomic mass is 19.1. The van der Waals surface area contributed by atoms with Gasteiger partial charge in [-0.05, 0) is 63.1 Å². The van der Waals surface area contributed by atoms with Crippen molar-refractivity contribution in [3.8, 4) is 34.3 Å². The Labute approximate surface area is 252 Å². The molecule has 0 fully saturated rings. The van der Waals surface area contributed by atoms with Gasteiger partial charge in [0.2, 0.25) is 5.43 Å². The van der Waals surface area contributed by atoms with Crippen molar-refractivity contribution in [2.75, 3.05) is 19.5 Å². The molecule has 9 nitrogen and oxygen atoms in total. The Morgan fingerprint density at radius 1 is 0.955 bits per heavy atom. The lowest BCUT2D eigenvalue weighted by Gasteiger charge is -2.20. The molecular weight excluding hydrogens is 570 g/mol. The lowest BCUT2D eigenvalue weighted by atomic mass is 9.96. The molecule has 0 aliphatic heterocycles. The lowest BCUT2D eigenvalue weighted by molar-refractivity contribution is 0.102. The van der Waals surface area contributed by atoms with Gasteiger partial charge in [0, 0.05) is 53.6 Å². The second-order valence-corrected chi connectivity index (χ2v) is 10.4. The molecule has 0 radical (unpaired) electrons. The van der Waals surface area contributed by atoms with Crippen molar-refractivity contribution >= 4 is 22.6 Å². The van der Waals surface area contributed by atoms with E-state index in [-0.39, 0.29) is 34.7 Å². The quantitative estimate of drug-likeness (QED) is 0.205. The van der Waals surface area contributed by atoms with Gasteiger partial charge in [-0.3, -0.25) is 14.6 Å². The summed E-state index contributed by atoms with van der Waals surface area (Å²) in [5.41, 5.74) is 2.26. The number of anilines is 1. The SMILES string of the molecule is COc1cc2nccc(Oc3ccc(NC(=O)c4cn(C(C)C)c(C)c(-c5ccc(F)cc5C)c4=O)cc3F)c2nc1OC. The molecule has 0 saturated carbocycles. The topological polar surface area (TPSA) is 105 Å². The molecule has 0 unspecified atom stereocenters. The Balaban J connectivity index is 1.46. The highest BCUT2D eigenvalue weighted by Crippen LogP contribution is 2.35.